The monoisotopic (exact) mass is 389 g/mol. The maximum Gasteiger partial charge on any atom is 0.338 e. The van der Waals surface area contributed by atoms with E-state index in [2.05, 4.69) is 5.32 Å². The summed E-state index contributed by atoms with van der Waals surface area (Å²) in [5, 5.41) is 2.61. The van der Waals surface area contributed by atoms with Crippen LogP contribution in [-0.2, 0) is 9.53 Å². The van der Waals surface area contributed by atoms with Gasteiger partial charge in [-0.15, -0.1) is 0 Å². The maximum absolute atomic E-state index is 12.1. The van der Waals surface area contributed by atoms with E-state index in [1.165, 1.54) is 33.5 Å². The molecule has 0 unspecified atom stereocenters. The number of hydrogen-bond acceptors (Lipinski definition) is 8. The summed E-state index contributed by atoms with van der Waals surface area (Å²) in [7, 11) is 4.42. The average Bonchev–Trinajstić information content (AvgIpc) is 3.19. The molecular weight excluding hydrogens is 370 g/mol. The Balaban J connectivity index is 1.62. The molecule has 0 bridgehead atoms. The van der Waals surface area contributed by atoms with Crippen LogP contribution < -0.4 is 29.0 Å². The second-order valence-electron chi connectivity index (χ2n) is 5.61. The number of anilines is 1. The summed E-state index contributed by atoms with van der Waals surface area (Å²) < 4.78 is 31.1. The SMILES string of the molecule is COc1cc(NC(=O)COC(=O)c2ccc3c(c2)OCO3)cc(OC)c1OC. The number of ether oxygens (including phenoxy) is 6. The molecule has 1 N–H and O–H groups in total. The summed E-state index contributed by atoms with van der Waals surface area (Å²) in [6.07, 6.45) is 0. The summed E-state index contributed by atoms with van der Waals surface area (Å²) in [5.74, 6) is 0.996. The second-order valence-corrected chi connectivity index (χ2v) is 5.61. The van der Waals surface area contributed by atoms with E-state index in [1.807, 2.05) is 0 Å². The van der Waals surface area contributed by atoms with Gasteiger partial charge in [0.2, 0.25) is 12.5 Å². The highest BCUT2D eigenvalue weighted by atomic mass is 16.7. The normalized spacial score (nSPS) is 11.5. The summed E-state index contributed by atoms with van der Waals surface area (Å²) in [5.41, 5.74) is 0.656. The van der Waals surface area contributed by atoms with Gasteiger partial charge in [0.15, 0.2) is 29.6 Å². The molecule has 1 amide bonds. The lowest BCUT2D eigenvalue weighted by Crippen LogP contribution is -2.21. The molecule has 148 valence electrons. The van der Waals surface area contributed by atoms with E-state index < -0.39 is 18.5 Å². The Labute approximate surface area is 161 Å². The van der Waals surface area contributed by atoms with Gasteiger partial charge in [0.25, 0.3) is 5.91 Å². The largest absolute Gasteiger partial charge is 0.493 e. The highest BCUT2D eigenvalue weighted by Crippen LogP contribution is 2.40. The first kappa shape index (κ1) is 19.2. The Morgan fingerprint density at radius 3 is 2.29 bits per heavy atom. The van der Waals surface area contributed by atoms with Crippen LogP contribution in [0.5, 0.6) is 28.7 Å². The quantitative estimate of drug-likeness (QED) is 0.720. The first-order valence-corrected chi connectivity index (χ1v) is 8.22. The standard InChI is InChI=1S/C19H19NO8/c1-23-15-7-12(8-16(24-2)18(15)25-3)20-17(21)9-26-19(22)11-4-5-13-14(6-11)28-10-27-13/h4-8H,9-10H2,1-3H3,(H,20,21). The van der Waals surface area contributed by atoms with Crippen molar-refractivity contribution in [2.45, 2.75) is 0 Å². The molecule has 0 saturated heterocycles. The Morgan fingerprint density at radius 2 is 1.64 bits per heavy atom. The van der Waals surface area contributed by atoms with E-state index in [0.29, 0.717) is 34.4 Å². The first-order valence-electron chi connectivity index (χ1n) is 8.22. The molecule has 1 aliphatic rings. The Morgan fingerprint density at radius 1 is 0.964 bits per heavy atom. The molecule has 2 aromatic carbocycles. The van der Waals surface area contributed by atoms with E-state index in [4.69, 9.17) is 28.4 Å². The van der Waals surface area contributed by atoms with Gasteiger partial charge in [-0.3, -0.25) is 4.79 Å². The van der Waals surface area contributed by atoms with Crippen molar-refractivity contribution < 1.29 is 38.0 Å². The summed E-state index contributed by atoms with van der Waals surface area (Å²) in [4.78, 5) is 24.3. The van der Waals surface area contributed by atoms with Crippen LogP contribution in [0, 0.1) is 0 Å². The van der Waals surface area contributed by atoms with Crippen LogP contribution in [0.2, 0.25) is 0 Å². The van der Waals surface area contributed by atoms with Crippen LogP contribution in [0.1, 0.15) is 10.4 Å². The lowest BCUT2D eigenvalue weighted by molar-refractivity contribution is -0.119. The number of hydrogen-bond donors (Lipinski definition) is 1. The fraction of sp³-hybridized carbons (Fsp3) is 0.263. The summed E-state index contributed by atoms with van der Waals surface area (Å²) in [6.45, 7) is -0.366. The van der Waals surface area contributed by atoms with Crippen LogP contribution >= 0.6 is 0 Å². The molecule has 0 saturated carbocycles. The molecular formula is C19H19NO8. The zero-order chi connectivity index (χ0) is 20.1. The van der Waals surface area contributed by atoms with Gasteiger partial charge < -0.3 is 33.7 Å². The zero-order valence-electron chi connectivity index (χ0n) is 15.6. The van der Waals surface area contributed by atoms with Crippen molar-refractivity contribution in [3.63, 3.8) is 0 Å². The van der Waals surface area contributed by atoms with Crippen molar-refractivity contribution in [3.05, 3.63) is 35.9 Å². The Kier molecular flexibility index (Phi) is 5.73. The number of benzene rings is 2. The molecule has 0 radical (unpaired) electrons. The predicted octanol–water partition coefficient (Wildman–Crippen LogP) is 2.24. The minimum Gasteiger partial charge on any atom is -0.493 e. The van der Waals surface area contributed by atoms with Crippen LogP contribution in [0.4, 0.5) is 5.69 Å². The third-order valence-electron chi connectivity index (χ3n) is 3.89. The number of amides is 1. The van der Waals surface area contributed by atoms with Gasteiger partial charge in [0, 0.05) is 17.8 Å². The second kappa shape index (κ2) is 8.38. The smallest absolute Gasteiger partial charge is 0.338 e. The van der Waals surface area contributed by atoms with Gasteiger partial charge in [-0.2, -0.15) is 0 Å². The summed E-state index contributed by atoms with van der Waals surface area (Å²) >= 11 is 0. The average molecular weight is 389 g/mol. The number of carbonyl (C=O) groups excluding carboxylic acids is 2. The van der Waals surface area contributed by atoms with E-state index >= 15 is 0 Å². The van der Waals surface area contributed by atoms with E-state index in [-0.39, 0.29) is 12.4 Å². The Hall–Kier alpha value is -3.62. The lowest BCUT2D eigenvalue weighted by atomic mass is 10.2. The third kappa shape index (κ3) is 4.03. The molecule has 1 heterocycles. The molecule has 0 atom stereocenters. The van der Waals surface area contributed by atoms with Crippen molar-refractivity contribution in [3.8, 4) is 28.7 Å². The van der Waals surface area contributed by atoms with Gasteiger partial charge in [0.1, 0.15) is 0 Å². The summed E-state index contributed by atoms with van der Waals surface area (Å²) in [6, 6.07) is 7.78. The third-order valence-corrected chi connectivity index (χ3v) is 3.89. The minimum absolute atomic E-state index is 0.102. The number of carbonyl (C=O) groups is 2. The van der Waals surface area contributed by atoms with Crippen LogP contribution in [0.15, 0.2) is 30.3 Å². The van der Waals surface area contributed by atoms with Crippen molar-refractivity contribution >= 4 is 17.6 Å². The highest BCUT2D eigenvalue weighted by Gasteiger charge is 2.18. The van der Waals surface area contributed by atoms with Gasteiger partial charge >= 0.3 is 5.97 Å². The van der Waals surface area contributed by atoms with Crippen molar-refractivity contribution in [1.29, 1.82) is 0 Å². The van der Waals surface area contributed by atoms with E-state index in [0.717, 1.165) is 0 Å². The lowest BCUT2D eigenvalue weighted by Gasteiger charge is -2.14. The molecule has 3 rings (SSSR count). The van der Waals surface area contributed by atoms with Crippen molar-refractivity contribution in [2.75, 3.05) is 40.0 Å². The predicted molar refractivity (Wildman–Crippen MR) is 97.6 cm³/mol. The fourth-order valence-corrected chi connectivity index (χ4v) is 2.59. The number of esters is 1. The number of rotatable bonds is 7. The van der Waals surface area contributed by atoms with E-state index in [9.17, 15) is 9.59 Å². The fourth-order valence-electron chi connectivity index (χ4n) is 2.59. The molecule has 9 heteroatoms. The molecule has 2 aromatic rings. The molecule has 0 aliphatic carbocycles. The molecule has 0 aromatic heterocycles. The van der Waals surface area contributed by atoms with Crippen LogP contribution in [-0.4, -0.2) is 46.6 Å². The minimum atomic E-state index is -0.654. The van der Waals surface area contributed by atoms with Crippen molar-refractivity contribution in [1.82, 2.24) is 0 Å². The maximum atomic E-state index is 12.1. The topological polar surface area (TPSA) is 102 Å². The molecule has 1 aliphatic heterocycles. The Bertz CT molecular complexity index is 870. The van der Waals surface area contributed by atoms with E-state index in [1.54, 1.807) is 18.2 Å². The first-order chi connectivity index (χ1) is 13.5. The van der Waals surface area contributed by atoms with Crippen molar-refractivity contribution in [2.24, 2.45) is 0 Å². The molecule has 0 fully saturated rings. The van der Waals surface area contributed by atoms with Gasteiger partial charge in [-0.1, -0.05) is 0 Å². The van der Waals surface area contributed by atoms with Gasteiger partial charge in [0.05, 0.1) is 26.9 Å². The van der Waals surface area contributed by atoms with Crippen LogP contribution in [0.25, 0.3) is 0 Å². The molecule has 9 nitrogen and oxygen atoms in total. The number of nitrogens with one attached hydrogen (secondary N) is 1. The van der Waals surface area contributed by atoms with Crippen LogP contribution in [0.3, 0.4) is 0 Å². The zero-order valence-corrected chi connectivity index (χ0v) is 15.6. The molecule has 28 heavy (non-hydrogen) atoms. The number of methoxy groups -OCH3 is 3. The number of fused-ring (bicyclic) bond motifs is 1. The molecule has 0 spiro atoms. The highest BCUT2D eigenvalue weighted by molar-refractivity contribution is 5.96. The van der Waals surface area contributed by atoms with Gasteiger partial charge in [-0.05, 0) is 18.2 Å². The van der Waals surface area contributed by atoms with Gasteiger partial charge in [-0.25, -0.2) is 4.79 Å².